The lowest BCUT2D eigenvalue weighted by Crippen LogP contribution is -2.53. The normalized spacial score (nSPS) is 18.4. The lowest BCUT2D eigenvalue weighted by atomic mass is 9.72. The largest absolute Gasteiger partial charge is 0.409 e. The molecule has 2 amide bonds. The fourth-order valence-electron chi connectivity index (χ4n) is 2.74. The fraction of sp³-hybridized carbons (Fsp3) is 0.769. The second-order valence-corrected chi connectivity index (χ2v) is 5.24. The van der Waals surface area contributed by atoms with Gasteiger partial charge in [-0.1, -0.05) is 24.4 Å². The van der Waals surface area contributed by atoms with Gasteiger partial charge in [-0.3, -0.25) is 9.59 Å². The maximum Gasteiger partial charge on any atom is 0.239 e. The van der Waals surface area contributed by atoms with Gasteiger partial charge in [0.1, 0.15) is 5.41 Å². The van der Waals surface area contributed by atoms with Gasteiger partial charge in [-0.2, -0.15) is 0 Å². The molecule has 4 N–H and O–H groups in total. The van der Waals surface area contributed by atoms with Crippen molar-refractivity contribution in [1.29, 1.82) is 0 Å². The average Bonchev–Trinajstić information content (AvgIpc) is 2.46. The molecule has 0 bridgehead atoms. The smallest absolute Gasteiger partial charge is 0.239 e. The number of hydrogen-bond donors (Lipinski definition) is 3. The highest BCUT2D eigenvalue weighted by atomic mass is 16.4. The molecule has 1 saturated carbocycles. The highest BCUT2D eigenvalue weighted by Crippen LogP contribution is 2.38. The second kappa shape index (κ2) is 7.12. The van der Waals surface area contributed by atoms with Crippen LogP contribution in [0.25, 0.3) is 0 Å². The van der Waals surface area contributed by atoms with Crippen LogP contribution in [0, 0.1) is 5.41 Å². The predicted octanol–water partition coefficient (Wildman–Crippen LogP) is 0.278. The predicted molar refractivity (Wildman–Crippen MR) is 75.2 cm³/mol. The summed E-state index contributed by atoms with van der Waals surface area (Å²) in [5.74, 6) is -0.516. The van der Waals surface area contributed by atoms with Gasteiger partial charge in [0.05, 0.1) is 6.54 Å². The molecule has 0 aromatic carbocycles. The zero-order valence-electron chi connectivity index (χ0n) is 12.2. The zero-order chi connectivity index (χ0) is 15.2. The Kier molecular flexibility index (Phi) is 5.79. The number of rotatable bonds is 5. The highest BCUT2D eigenvalue weighted by Gasteiger charge is 2.45. The molecule has 0 aliphatic heterocycles. The van der Waals surface area contributed by atoms with Crippen molar-refractivity contribution in [2.75, 3.05) is 20.1 Å². The Hall–Kier alpha value is -1.79. The van der Waals surface area contributed by atoms with Crippen LogP contribution in [-0.4, -0.2) is 47.9 Å². The molecule has 1 aliphatic carbocycles. The molecule has 0 aromatic heterocycles. The van der Waals surface area contributed by atoms with E-state index in [1.807, 2.05) is 6.92 Å². The van der Waals surface area contributed by atoms with Crippen molar-refractivity contribution >= 4 is 17.6 Å². The second-order valence-electron chi connectivity index (χ2n) is 5.24. The third kappa shape index (κ3) is 3.40. The number of nitrogens with two attached hydrogens (primary N) is 1. The minimum absolute atomic E-state index is 0.0207. The van der Waals surface area contributed by atoms with Crippen LogP contribution in [0.2, 0.25) is 0 Å². The molecule has 0 heterocycles. The summed E-state index contributed by atoms with van der Waals surface area (Å²) in [5.41, 5.74) is 4.80. The summed E-state index contributed by atoms with van der Waals surface area (Å²) in [6, 6.07) is 0. The van der Waals surface area contributed by atoms with Crippen molar-refractivity contribution < 1.29 is 14.8 Å². The Morgan fingerprint density at radius 1 is 1.35 bits per heavy atom. The number of nitrogens with one attached hydrogen (secondary N) is 1. The van der Waals surface area contributed by atoms with Gasteiger partial charge >= 0.3 is 0 Å². The molecular formula is C13H24N4O3. The molecule has 0 unspecified atom stereocenters. The van der Waals surface area contributed by atoms with Crippen LogP contribution in [-0.2, 0) is 9.59 Å². The van der Waals surface area contributed by atoms with Crippen LogP contribution in [0.15, 0.2) is 5.16 Å². The van der Waals surface area contributed by atoms with Crippen molar-refractivity contribution in [1.82, 2.24) is 10.2 Å². The van der Waals surface area contributed by atoms with E-state index in [2.05, 4.69) is 10.5 Å². The van der Waals surface area contributed by atoms with Gasteiger partial charge in [0.15, 0.2) is 5.84 Å². The Morgan fingerprint density at radius 3 is 2.45 bits per heavy atom. The van der Waals surface area contributed by atoms with Crippen molar-refractivity contribution in [3.05, 3.63) is 0 Å². The van der Waals surface area contributed by atoms with Crippen LogP contribution < -0.4 is 11.1 Å². The average molecular weight is 284 g/mol. The quantitative estimate of drug-likeness (QED) is 0.291. The number of nitrogens with zero attached hydrogens (tertiary/aromatic N) is 2. The van der Waals surface area contributed by atoms with Crippen LogP contribution in [0.1, 0.15) is 39.0 Å². The molecule has 0 spiro atoms. The Balaban J connectivity index is 2.85. The van der Waals surface area contributed by atoms with E-state index in [1.165, 1.54) is 4.90 Å². The minimum Gasteiger partial charge on any atom is -0.409 e. The van der Waals surface area contributed by atoms with E-state index in [4.69, 9.17) is 10.9 Å². The Bertz CT molecular complexity index is 389. The summed E-state index contributed by atoms with van der Waals surface area (Å²) in [6.07, 6.45) is 3.87. The maximum atomic E-state index is 12.6. The third-order valence-corrected chi connectivity index (χ3v) is 3.82. The molecule has 20 heavy (non-hydrogen) atoms. The van der Waals surface area contributed by atoms with E-state index >= 15 is 0 Å². The van der Waals surface area contributed by atoms with Crippen LogP contribution >= 0.6 is 0 Å². The van der Waals surface area contributed by atoms with Crippen molar-refractivity contribution in [2.45, 2.75) is 39.0 Å². The Labute approximate surface area is 119 Å². The molecular weight excluding hydrogens is 260 g/mol. The number of carbonyl (C=O) groups is 2. The van der Waals surface area contributed by atoms with Crippen LogP contribution in [0.5, 0.6) is 0 Å². The topological polar surface area (TPSA) is 108 Å². The van der Waals surface area contributed by atoms with E-state index < -0.39 is 5.41 Å². The number of amides is 2. The number of amidine groups is 1. The molecule has 1 fully saturated rings. The summed E-state index contributed by atoms with van der Waals surface area (Å²) in [6.45, 7) is 2.32. The standard InChI is InChI=1S/C13H24N4O3/c1-3-15-10(18)9-17(2)12(19)13(11(14)16-20)7-5-4-6-8-13/h20H,3-9H2,1-2H3,(H2,14,16)(H,15,18). The summed E-state index contributed by atoms with van der Waals surface area (Å²) in [5, 5.41) is 14.7. The molecule has 1 rings (SSSR count). The summed E-state index contributed by atoms with van der Waals surface area (Å²) < 4.78 is 0. The summed E-state index contributed by atoms with van der Waals surface area (Å²) in [7, 11) is 1.57. The first kappa shape index (κ1) is 16.3. The SMILES string of the molecule is CCNC(=O)CN(C)C(=O)C1(C(N)=NO)CCCCC1. The van der Waals surface area contributed by atoms with Crippen molar-refractivity contribution in [3.63, 3.8) is 0 Å². The van der Waals surface area contributed by atoms with Gasteiger partial charge in [0, 0.05) is 13.6 Å². The van der Waals surface area contributed by atoms with Crippen molar-refractivity contribution in [3.8, 4) is 0 Å². The number of hydrogen-bond acceptors (Lipinski definition) is 4. The molecule has 0 atom stereocenters. The van der Waals surface area contributed by atoms with Gasteiger partial charge in [0.2, 0.25) is 11.8 Å². The maximum absolute atomic E-state index is 12.6. The molecule has 1 aliphatic rings. The first-order chi connectivity index (χ1) is 9.47. The lowest BCUT2D eigenvalue weighted by molar-refractivity contribution is -0.141. The van der Waals surface area contributed by atoms with Crippen molar-refractivity contribution in [2.24, 2.45) is 16.3 Å². The van der Waals surface area contributed by atoms with E-state index in [0.29, 0.717) is 19.4 Å². The first-order valence-electron chi connectivity index (χ1n) is 6.98. The van der Waals surface area contributed by atoms with E-state index in [0.717, 1.165) is 19.3 Å². The molecule has 7 heteroatoms. The molecule has 114 valence electrons. The summed E-state index contributed by atoms with van der Waals surface area (Å²) in [4.78, 5) is 25.6. The molecule has 0 radical (unpaired) electrons. The van der Waals surface area contributed by atoms with Gasteiger partial charge in [-0.25, -0.2) is 0 Å². The lowest BCUT2D eigenvalue weighted by Gasteiger charge is -2.37. The van der Waals surface area contributed by atoms with E-state index in [-0.39, 0.29) is 24.2 Å². The summed E-state index contributed by atoms with van der Waals surface area (Å²) >= 11 is 0. The number of oxime groups is 1. The van der Waals surface area contributed by atoms with Gasteiger partial charge < -0.3 is 21.2 Å². The fourth-order valence-corrected chi connectivity index (χ4v) is 2.74. The van der Waals surface area contributed by atoms with E-state index in [9.17, 15) is 9.59 Å². The number of likely N-dealkylation sites (N-methyl/N-ethyl adjacent to an activating group) is 2. The molecule has 7 nitrogen and oxygen atoms in total. The monoisotopic (exact) mass is 284 g/mol. The van der Waals surface area contributed by atoms with Crippen LogP contribution in [0.4, 0.5) is 0 Å². The zero-order valence-corrected chi connectivity index (χ0v) is 12.2. The minimum atomic E-state index is -0.964. The van der Waals surface area contributed by atoms with Gasteiger partial charge in [0.25, 0.3) is 0 Å². The molecule has 0 aromatic rings. The van der Waals surface area contributed by atoms with Crippen LogP contribution in [0.3, 0.4) is 0 Å². The Morgan fingerprint density at radius 2 is 1.95 bits per heavy atom. The van der Waals surface area contributed by atoms with Gasteiger partial charge in [-0.05, 0) is 19.8 Å². The van der Waals surface area contributed by atoms with E-state index in [1.54, 1.807) is 7.05 Å². The first-order valence-corrected chi connectivity index (χ1v) is 6.98. The van der Waals surface area contributed by atoms with Gasteiger partial charge in [-0.15, -0.1) is 0 Å². The number of carbonyl (C=O) groups excluding carboxylic acids is 2. The highest BCUT2D eigenvalue weighted by molar-refractivity contribution is 6.07. The third-order valence-electron chi connectivity index (χ3n) is 3.82. The molecule has 0 saturated heterocycles.